The first kappa shape index (κ1) is 12.9. The van der Waals surface area contributed by atoms with E-state index in [2.05, 4.69) is 11.9 Å². The number of aromatic nitrogens is 2. The molecule has 5 heteroatoms. The van der Waals surface area contributed by atoms with Gasteiger partial charge in [-0.1, -0.05) is 19.1 Å². The lowest BCUT2D eigenvalue weighted by Gasteiger charge is -2.05. The molecule has 0 aliphatic heterocycles. The monoisotopic (exact) mass is 285 g/mol. The molecule has 0 fully saturated rings. The lowest BCUT2D eigenvalue weighted by Crippen LogP contribution is -2.20. The molecule has 3 rings (SSSR count). The number of hydrogen-bond donors (Lipinski definition) is 1. The molecule has 0 saturated carbocycles. The topological polar surface area (TPSA) is 60.9 Å². The third-order valence-electron chi connectivity index (χ3n) is 3.25. The van der Waals surface area contributed by atoms with Gasteiger partial charge in [0.1, 0.15) is 4.83 Å². The van der Waals surface area contributed by atoms with Gasteiger partial charge in [0.05, 0.1) is 18.3 Å². The molecule has 0 bridgehead atoms. The van der Waals surface area contributed by atoms with Crippen molar-refractivity contribution in [2.45, 2.75) is 19.9 Å². The van der Waals surface area contributed by atoms with Gasteiger partial charge in [-0.2, -0.15) is 0 Å². The van der Waals surface area contributed by atoms with Crippen molar-refractivity contribution in [3.8, 4) is 0 Å². The summed E-state index contributed by atoms with van der Waals surface area (Å²) in [5, 5.41) is 0.713. The van der Waals surface area contributed by atoms with E-state index in [4.69, 9.17) is 5.73 Å². The summed E-state index contributed by atoms with van der Waals surface area (Å²) in [6, 6.07) is 9.49. The fourth-order valence-electron chi connectivity index (χ4n) is 2.12. The summed E-state index contributed by atoms with van der Waals surface area (Å²) in [5.74, 6) is 0. The molecule has 2 heterocycles. The Labute approximate surface area is 120 Å². The molecule has 0 spiro atoms. The van der Waals surface area contributed by atoms with Crippen LogP contribution >= 0.6 is 11.3 Å². The quantitative estimate of drug-likeness (QED) is 0.753. The molecule has 102 valence electrons. The maximum absolute atomic E-state index is 12.4. The van der Waals surface area contributed by atoms with E-state index in [0.29, 0.717) is 11.9 Å². The van der Waals surface area contributed by atoms with Crippen molar-refractivity contribution in [1.82, 2.24) is 9.55 Å². The summed E-state index contributed by atoms with van der Waals surface area (Å²) in [5.41, 5.74) is 7.44. The molecule has 0 radical (unpaired) electrons. The van der Waals surface area contributed by atoms with Crippen molar-refractivity contribution in [2.75, 3.05) is 5.73 Å². The molecule has 0 saturated heterocycles. The number of thiophene rings is 1. The van der Waals surface area contributed by atoms with Gasteiger partial charge in [0, 0.05) is 10.6 Å². The van der Waals surface area contributed by atoms with Crippen LogP contribution in [0, 0.1) is 0 Å². The number of benzene rings is 1. The number of nitrogen functional groups attached to an aromatic ring is 1. The second-order valence-electron chi connectivity index (χ2n) is 4.70. The second-order valence-corrected chi connectivity index (χ2v) is 5.82. The molecule has 2 N–H and O–H groups in total. The Bertz CT molecular complexity index is 802. The van der Waals surface area contributed by atoms with Crippen LogP contribution in [0.2, 0.25) is 0 Å². The first-order valence-electron chi connectivity index (χ1n) is 6.49. The van der Waals surface area contributed by atoms with E-state index in [1.807, 2.05) is 30.3 Å². The van der Waals surface area contributed by atoms with Gasteiger partial charge in [-0.05, 0) is 30.2 Å². The van der Waals surface area contributed by atoms with Crippen molar-refractivity contribution in [3.63, 3.8) is 0 Å². The molecule has 20 heavy (non-hydrogen) atoms. The van der Waals surface area contributed by atoms with Crippen LogP contribution in [0.3, 0.4) is 0 Å². The minimum atomic E-state index is 0.0165. The number of nitrogens with two attached hydrogens (primary N) is 1. The molecule has 0 amide bonds. The van der Waals surface area contributed by atoms with Gasteiger partial charge in [-0.15, -0.1) is 11.3 Å². The molecule has 3 aromatic rings. The standard InChI is InChI=1S/C15H15N3OS/c1-2-12-7-13-14(20-12)17-9-18(15(13)19)8-10-3-5-11(16)6-4-10/h3-7,9H,2,8,16H2,1H3. The van der Waals surface area contributed by atoms with Gasteiger partial charge in [-0.3, -0.25) is 9.36 Å². The van der Waals surface area contributed by atoms with Crippen molar-refractivity contribution >= 4 is 27.2 Å². The van der Waals surface area contributed by atoms with Crippen molar-refractivity contribution in [3.05, 3.63) is 57.5 Å². The Balaban J connectivity index is 2.01. The molecule has 1 aromatic carbocycles. The molecule has 0 atom stereocenters. The fraction of sp³-hybridized carbons (Fsp3) is 0.200. The normalized spacial score (nSPS) is 11.1. The Morgan fingerprint density at radius 2 is 2.05 bits per heavy atom. The number of fused-ring (bicyclic) bond motifs is 1. The second kappa shape index (κ2) is 5.09. The Morgan fingerprint density at radius 1 is 1.30 bits per heavy atom. The number of anilines is 1. The lowest BCUT2D eigenvalue weighted by molar-refractivity contribution is 0.749. The molecular weight excluding hydrogens is 270 g/mol. The molecule has 4 nitrogen and oxygen atoms in total. The molecule has 2 aromatic heterocycles. The highest BCUT2D eigenvalue weighted by molar-refractivity contribution is 7.18. The average molecular weight is 285 g/mol. The van der Waals surface area contributed by atoms with Gasteiger partial charge in [0.15, 0.2) is 0 Å². The van der Waals surface area contributed by atoms with Gasteiger partial charge in [0.2, 0.25) is 0 Å². The van der Waals surface area contributed by atoms with E-state index < -0.39 is 0 Å². The largest absolute Gasteiger partial charge is 0.399 e. The third kappa shape index (κ3) is 2.32. The fourth-order valence-corrected chi connectivity index (χ4v) is 3.04. The van der Waals surface area contributed by atoms with Crippen LogP contribution < -0.4 is 11.3 Å². The van der Waals surface area contributed by atoms with Crippen LogP contribution in [-0.4, -0.2) is 9.55 Å². The zero-order valence-electron chi connectivity index (χ0n) is 11.2. The lowest BCUT2D eigenvalue weighted by atomic mass is 10.2. The van der Waals surface area contributed by atoms with Crippen LogP contribution in [0.15, 0.2) is 41.5 Å². The van der Waals surface area contributed by atoms with Gasteiger partial charge < -0.3 is 5.73 Å². The summed E-state index contributed by atoms with van der Waals surface area (Å²) >= 11 is 1.59. The van der Waals surface area contributed by atoms with E-state index in [0.717, 1.165) is 22.5 Å². The van der Waals surface area contributed by atoms with Gasteiger partial charge in [0.25, 0.3) is 5.56 Å². The zero-order valence-corrected chi connectivity index (χ0v) is 12.0. The third-order valence-corrected chi connectivity index (χ3v) is 4.44. The van der Waals surface area contributed by atoms with E-state index in [1.165, 1.54) is 4.88 Å². The highest BCUT2D eigenvalue weighted by Gasteiger charge is 2.08. The number of hydrogen-bond acceptors (Lipinski definition) is 4. The highest BCUT2D eigenvalue weighted by atomic mass is 32.1. The van der Waals surface area contributed by atoms with E-state index in [-0.39, 0.29) is 5.56 Å². The van der Waals surface area contributed by atoms with Crippen LogP contribution in [0.4, 0.5) is 5.69 Å². The highest BCUT2D eigenvalue weighted by Crippen LogP contribution is 2.21. The van der Waals surface area contributed by atoms with Crippen LogP contribution in [0.5, 0.6) is 0 Å². The smallest absolute Gasteiger partial charge is 0.262 e. The van der Waals surface area contributed by atoms with E-state index >= 15 is 0 Å². The van der Waals surface area contributed by atoms with E-state index in [9.17, 15) is 4.79 Å². The summed E-state index contributed by atoms with van der Waals surface area (Å²) in [6.07, 6.45) is 2.55. The Hall–Kier alpha value is -2.14. The number of nitrogens with zero attached hydrogens (tertiary/aromatic N) is 2. The molecule has 0 aliphatic carbocycles. The molecule has 0 aliphatic rings. The first-order chi connectivity index (χ1) is 9.67. The van der Waals surface area contributed by atoms with Crippen LogP contribution in [0.1, 0.15) is 17.4 Å². The number of rotatable bonds is 3. The SMILES string of the molecule is CCc1cc2c(=O)n(Cc3ccc(N)cc3)cnc2s1. The van der Waals surface area contributed by atoms with Crippen molar-refractivity contribution < 1.29 is 0 Å². The molecule has 0 unspecified atom stereocenters. The number of aryl methyl sites for hydroxylation is 1. The first-order valence-corrected chi connectivity index (χ1v) is 7.31. The predicted molar refractivity (Wildman–Crippen MR) is 83.2 cm³/mol. The predicted octanol–water partition coefficient (Wildman–Crippen LogP) is 2.65. The van der Waals surface area contributed by atoms with Crippen molar-refractivity contribution in [2.24, 2.45) is 0 Å². The van der Waals surface area contributed by atoms with Crippen LogP contribution in [0.25, 0.3) is 10.2 Å². The summed E-state index contributed by atoms with van der Waals surface area (Å²) in [4.78, 5) is 18.8. The van der Waals surface area contributed by atoms with Gasteiger partial charge >= 0.3 is 0 Å². The maximum atomic E-state index is 12.4. The Morgan fingerprint density at radius 3 is 2.75 bits per heavy atom. The minimum Gasteiger partial charge on any atom is -0.399 e. The maximum Gasteiger partial charge on any atom is 0.262 e. The Kier molecular flexibility index (Phi) is 3.28. The summed E-state index contributed by atoms with van der Waals surface area (Å²) in [7, 11) is 0. The summed E-state index contributed by atoms with van der Waals surface area (Å²) in [6.45, 7) is 2.59. The van der Waals surface area contributed by atoms with E-state index in [1.54, 1.807) is 22.2 Å². The molecular formula is C15H15N3OS. The van der Waals surface area contributed by atoms with Crippen LogP contribution in [-0.2, 0) is 13.0 Å². The minimum absolute atomic E-state index is 0.0165. The van der Waals surface area contributed by atoms with Crippen molar-refractivity contribution in [1.29, 1.82) is 0 Å². The van der Waals surface area contributed by atoms with Gasteiger partial charge in [-0.25, -0.2) is 4.98 Å². The zero-order chi connectivity index (χ0) is 14.1. The summed E-state index contributed by atoms with van der Waals surface area (Å²) < 4.78 is 1.64. The average Bonchev–Trinajstić information content (AvgIpc) is 2.88.